The molecule has 0 radical (unpaired) electrons. The summed E-state index contributed by atoms with van der Waals surface area (Å²) in [6.07, 6.45) is 1.55. The molecule has 0 spiro atoms. The number of hydrogen-bond donors (Lipinski definition) is 1. The Morgan fingerprint density at radius 3 is 2.70 bits per heavy atom. The number of halogens is 1. The number of aliphatic hydroxyl groups excluding tert-OH is 1. The summed E-state index contributed by atoms with van der Waals surface area (Å²) in [5.74, 6) is 0. The summed E-state index contributed by atoms with van der Waals surface area (Å²) in [5.41, 5.74) is 1.99. The fraction of sp³-hybridized carbons (Fsp3) is 0.176. The second-order valence-corrected chi connectivity index (χ2v) is 5.58. The SMILES string of the molecule is O=c1cc(CN(CCO)c2ccccc2)nc2ccc(Cl)cn12. The number of benzene rings is 1. The molecular weight excluding hydrogens is 314 g/mol. The third kappa shape index (κ3) is 3.52. The Morgan fingerprint density at radius 1 is 1.17 bits per heavy atom. The van der Waals surface area contributed by atoms with Crippen LogP contribution in [0.3, 0.4) is 0 Å². The summed E-state index contributed by atoms with van der Waals surface area (Å²) in [6.45, 7) is 0.932. The number of para-hydroxylation sites is 1. The molecule has 2 aromatic heterocycles. The molecule has 3 rings (SSSR count). The molecular formula is C17H16ClN3O2. The van der Waals surface area contributed by atoms with E-state index in [0.29, 0.717) is 29.5 Å². The van der Waals surface area contributed by atoms with E-state index in [0.717, 1.165) is 5.69 Å². The van der Waals surface area contributed by atoms with Gasteiger partial charge in [0.2, 0.25) is 0 Å². The quantitative estimate of drug-likeness (QED) is 0.780. The molecule has 0 saturated carbocycles. The number of hydrogen-bond acceptors (Lipinski definition) is 4. The van der Waals surface area contributed by atoms with Gasteiger partial charge in [0.25, 0.3) is 5.56 Å². The van der Waals surface area contributed by atoms with Crippen LogP contribution in [0.1, 0.15) is 5.69 Å². The lowest BCUT2D eigenvalue weighted by Crippen LogP contribution is -2.28. The van der Waals surface area contributed by atoms with Gasteiger partial charge in [0.05, 0.1) is 23.9 Å². The topological polar surface area (TPSA) is 57.8 Å². The van der Waals surface area contributed by atoms with Crippen LogP contribution < -0.4 is 10.5 Å². The van der Waals surface area contributed by atoms with Crippen molar-refractivity contribution in [1.29, 1.82) is 0 Å². The first kappa shape index (κ1) is 15.5. The zero-order valence-corrected chi connectivity index (χ0v) is 13.1. The lowest BCUT2D eigenvalue weighted by atomic mass is 10.2. The summed E-state index contributed by atoms with van der Waals surface area (Å²) in [7, 11) is 0. The van der Waals surface area contributed by atoms with Crippen molar-refractivity contribution in [2.45, 2.75) is 6.54 Å². The van der Waals surface area contributed by atoms with Crippen LogP contribution >= 0.6 is 11.6 Å². The van der Waals surface area contributed by atoms with E-state index in [4.69, 9.17) is 11.6 Å². The van der Waals surface area contributed by atoms with Crippen LogP contribution in [0.2, 0.25) is 5.02 Å². The molecule has 3 aromatic rings. The normalized spacial score (nSPS) is 10.9. The minimum Gasteiger partial charge on any atom is -0.395 e. The lowest BCUT2D eigenvalue weighted by molar-refractivity contribution is 0.301. The molecule has 0 aliphatic heterocycles. The van der Waals surface area contributed by atoms with E-state index in [1.54, 1.807) is 18.3 Å². The van der Waals surface area contributed by atoms with Gasteiger partial charge in [-0.25, -0.2) is 4.98 Å². The van der Waals surface area contributed by atoms with Crippen molar-refractivity contribution >= 4 is 22.9 Å². The maximum Gasteiger partial charge on any atom is 0.258 e. The first-order valence-corrected chi connectivity index (χ1v) is 7.64. The van der Waals surface area contributed by atoms with Crippen LogP contribution in [-0.4, -0.2) is 27.6 Å². The summed E-state index contributed by atoms with van der Waals surface area (Å²) < 4.78 is 1.42. The number of aliphatic hydroxyl groups is 1. The molecule has 2 heterocycles. The largest absolute Gasteiger partial charge is 0.395 e. The zero-order valence-electron chi connectivity index (χ0n) is 12.4. The second kappa shape index (κ2) is 6.81. The Morgan fingerprint density at radius 2 is 1.96 bits per heavy atom. The first-order valence-electron chi connectivity index (χ1n) is 7.26. The standard InChI is InChI=1S/C17H16ClN3O2/c18-13-6-7-16-19-14(10-17(23)21(16)11-13)12-20(8-9-22)15-4-2-1-3-5-15/h1-7,10-11,22H,8-9,12H2. The number of nitrogens with zero attached hydrogens (tertiary/aromatic N) is 3. The highest BCUT2D eigenvalue weighted by molar-refractivity contribution is 6.30. The average molecular weight is 330 g/mol. The van der Waals surface area contributed by atoms with Crippen molar-refractivity contribution in [1.82, 2.24) is 9.38 Å². The maximum atomic E-state index is 12.2. The van der Waals surface area contributed by atoms with Crippen LogP contribution in [0, 0.1) is 0 Å². The third-order valence-electron chi connectivity index (χ3n) is 3.52. The lowest BCUT2D eigenvalue weighted by Gasteiger charge is -2.23. The molecule has 0 bridgehead atoms. The first-order chi connectivity index (χ1) is 11.2. The van der Waals surface area contributed by atoms with E-state index in [9.17, 15) is 9.90 Å². The molecule has 1 N–H and O–H groups in total. The van der Waals surface area contributed by atoms with Gasteiger partial charge in [-0.15, -0.1) is 0 Å². The van der Waals surface area contributed by atoms with Crippen LogP contribution in [0.15, 0.2) is 59.5 Å². The summed E-state index contributed by atoms with van der Waals surface area (Å²) in [6, 6.07) is 14.6. The number of aromatic nitrogens is 2. The number of rotatable bonds is 5. The molecule has 118 valence electrons. The van der Waals surface area contributed by atoms with Gasteiger partial charge in [-0.2, -0.15) is 0 Å². The summed E-state index contributed by atoms with van der Waals surface area (Å²) in [4.78, 5) is 18.7. The Labute approximate surface area is 138 Å². The van der Waals surface area contributed by atoms with Gasteiger partial charge < -0.3 is 10.0 Å². The van der Waals surface area contributed by atoms with E-state index >= 15 is 0 Å². The fourth-order valence-electron chi connectivity index (χ4n) is 2.46. The summed E-state index contributed by atoms with van der Waals surface area (Å²) >= 11 is 5.91. The molecule has 0 aliphatic carbocycles. The van der Waals surface area contributed by atoms with E-state index in [1.165, 1.54) is 10.5 Å². The molecule has 6 heteroatoms. The fourth-order valence-corrected chi connectivity index (χ4v) is 2.62. The van der Waals surface area contributed by atoms with Gasteiger partial charge in [0, 0.05) is 24.5 Å². The predicted octanol–water partition coefficient (Wildman–Crippen LogP) is 2.35. The van der Waals surface area contributed by atoms with Crippen LogP contribution in [-0.2, 0) is 6.54 Å². The highest BCUT2D eigenvalue weighted by Gasteiger charge is 2.10. The van der Waals surface area contributed by atoms with Crippen molar-refractivity contribution < 1.29 is 5.11 Å². The number of fused-ring (bicyclic) bond motifs is 1. The second-order valence-electron chi connectivity index (χ2n) is 5.14. The van der Waals surface area contributed by atoms with Crippen molar-refractivity contribution in [3.63, 3.8) is 0 Å². The number of anilines is 1. The van der Waals surface area contributed by atoms with E-state index in [2.05, 4.69) is 4.98 Å². The Bertz CT molecular complexity index is 865. The molecule has 0 aliphatic rings. The van der Waals surface area contributed by atoms with Crippen LogP contribution in [0.5, 0.6) is 0 Å². The minimum atomic E-state index is -0.176. The highest BCUT2D eigenvalue weighted by atomic mass is 35.5. The van der Waals surface area contributed by atoms with Gasteiger partial charge >= 0.3 is 0 Å². The monoisotopic (exact) mass is 329 g/mol. The number of pyridine rings is 1. The average Bonchev–Trinajstić information content (AvgIpc) is 2.56. The minimum absolute atomic E-state index is 0.0249. The zero-order chi connectivity index (χ0) is 16.2. The van der Waals surface area contributed by atoms with Crippen molar-refractivity contribution in [2.24, 2.45) is 0 Å². The van der Waals surface area contributed by atoms with Gasteiger partial charge in [0.15, 0.2) is 0 Å². The van der Waals surface area contributed by atoms with Crippen LogP contribution in [0.25, 0.3) is 5.65 Å². The Hall–Kier alpha value is -2.37. The van der Waals surface area contributed by atoms with Crippen molar-refractivity contribution in [2.75, 3.05) is 18.1 Å². The molecule has 1 aromatic carbocycles. The third-order valence-corrected chi connectivity index (χ3v) is 3.74. The Kier molecular flexibility index (Phi) is 4.60. The highest BCUT2D eigenvalue weighted by Crippen LogP contribution is 2.16. The molecule has 5 nitrogen and oxygen atoms in total. The molecule has 0 amide bonds. The predicted molar refractivity (Wildman–Crippen MR) is 91.0 cm³/mol. The Balaban J connectivity index is 1.96. The molecule has 0 fully saturated rings. The maximum absolute atomic E-state index is 12.2. The van der Waals surface area contributed by atoms with E-state index in [1.807, 2.05) is 35.2 Å². The molecule has 0 atom stereocenters. The van der Waals surface area contributed by atoms with Gasteiger partial charge in [-0.05, 0) is 24.3 Å². The van der Waals surface area contributed by atoms with Crippen molar-refractivity contribution in [3.8, 4) is 0 Å². The molecule has 0 unspecified atom stereocenters. The van der Waals surface area contributed by atoms with Gasteiger partial charge in [-0.3, -0.25) is 9.20 Å². The van der Waals surface area contributed by atoms with Crippen molar-refractivity contribution in [3.05, 3.63) is 75.8 Å². The van der Waals surface area contributed by atoms with E-state index < -0.39 is 0 Å². The van der Waals surface area contributed by atoms with Crippen LogP contribution in [0.4, 0.5) is 5.69 Å². The van der Waals surface area contributed by atoms with Gasteiger partial charge in [0.1, 0.15) is 5.65 Å². The molecule has 23 heavy (non-hydrogen) atoms. The smallest absolute Gasteiger partial charge is 0.258 e. The van der Waals surface area contributed by atoms with E-state index in [-0.39, 0.29) is 12.2 Å². The molecule has 0 saturated heterocycles. The van der Waals surface area contributed by atoms with Gasteiger partial charge in [-0.1, -0.05) is 29.8 Å². The summed E-state index contributed by atoms with van der Waals surface area (Å²) in [5, 5.41) is 9.78.